The van der Waals surface area contributed by atoms with Crippen molar-refractivity contribution in [2.75, 3.05) is 6.54 Å². The molecule has 0 aliphatic heterocycles. The van der Waals surface area contributed by atoms with E-state index in [4.69, 9.17) is 4.74 Å². The second kappa shape index (κ2) is 8.36. The van der Waals surface area contributed by atoms with Crippen LogP contribution in [-0.2, 0) is 9.53 Å². The summed E-state index contributed by atoms with van der Waals surface area (Å²) in [6.45, 7) is 10.1. The first-order chi connectivity index (χ1) is 10.2. The van der Waals surface area contributed by atoms with Crippen LogP contribution in [0.25, 0.3) is 0 Å². The third kappa shape index (κ3) is 8.22. The summed E-state index contributed by atoms with van der Waals surface area (Å²) < 4.78 is 5.26. The van der Waals surface area contributed by atoms with Crippen molar-refractivity contribution in [3.05, 3.63) is 0 Å². The number of nitrogens with one attached hydrogen (secondary N) is 3. The molecule has 1 rings (SSSR count). The highest BCUT2D eigenvalue weighted by atomic mass is 16.6. The SMILES string of the molecule is CC(C)NC(=O)CCNC1CCC(NC(=O)OC(C)(C)C)C1. The zero-order valence-corrected chi connectivity index (χ0v) is 14.5. The van der Waals surface area contributed by atoms with Crippen LogP contribution in [0, 0.1) is 0 Å². The fourth-order valence-electron chi connectivity index (χ4n) is 2.56. The van der Waals surface area contributed by atoms with Crippen molar-refractivity contribution in [3.63, 3.8) is 0 Å². The largest absolute Gasteiger partial charge is 0.444 e. The van der Waals surface area contributed by atoms with Crippen LogP contribution in [0.1, 0.15) is 60.3 Å². The molecular weight excluding hydrogens is 282 g/mol. The molecule has 0 saturated heterocycles. The second-order valence-electron chi connectivity index (χ2n) is 7.28. The first-order valence-electron chi connectivity index (χ1n) is 8.18. The molecule has 0 aromatic carbocycles. The summed E-state index contributed by atoms with van der Waals surface area (Å²) in [5.41, 5.74) is -0.468. The molecule has 1 aliphatic rings. The van der Waals surface area contributed by atoms with Gasteiger partial charge in [0, 0.05) is 31.1 Å². The molecule has 6 nitrogen and oxygen atoms in total. The normalized spacial score (nSPS) is 21.7. The molecule has 128 valence electrons. The van der Waals surface area contributed by atoms with Crippen LogP contribution in [0.4, 0.5) is 4.79 Å². The quantitative estimate of drug-likeness (QED) is 0.700. The summed E-state index contributed by atoms with van der Waals surface area (Å²) >= 11 is 0. The van der Waals surface area contributed by atoms with Gasteiger partial charge in [-0.15, -0.1) is 0 Å². The minimum Gasteiger partial charge on any atom is -0.444 e. The van der Waals surface area contributed by atoms with Gasteiger partial charge in [0.25, 0.3) is 0 Å². The zero-order valence-electron chi connectivity index (χ0n) is 14.5. The van der Waals surface area contributed by atoms with Crippen molar-refractivity contribution >= 4 is 12.0 Å². The topological polar surface area (TPSA) is 79.5 Å². The molecule has 0 aromatic heterocycles. The molecular formula is C16H31N3O3. The van der Waals surface area contributed by atoms with Crippen molar-refractivity contribution in [1.29, 1.82) is 0 Å². The number of hydrogen-bond donors (Lipinski definition) is 3. The maximum absolute atomic E-state index is 11.7. The van der Waals surface area contributed by atoms with Crippen molar-refractivity contribution in [2.45, 2.75) is 84.0 Å². The maximum Gasteiger partial charge on any atom is 0.407 e. The summed E-state index contributed by atoms with van der Waals surface area (Å²) in [4.78, 5) is 23.3. The Morgan fingerprint density at radius 1 is 1.18 bits per heavy atom. The van der Waals surface area contributed by atoms with E-state index >= 15 is 0 Å². The van der Waals surface area contributed by atoms with E-state index in [2.05, 4.69) is 16.0 Å². The third-order valence-electron chi connectivity index (χ3n) is 3.39. The van der Waals surface area contributed by atoms with Gasteiger partial charge in [-0.3, -0.25) is 4.79 Å². The summed E-state index contributed by atoms with van der Waals surface area (Å²) in [5.74, 6) is 0.0731. The molecule has 0 aromatic rings. The highest BCUT2D eigenvalue weighted by molar-refractivity contribution is 5.76. The molecule has 0 radical (unpaired) electrons. The van der Waals surface area contributed by atoms with Crippen LogP contribution in [-0.4, -0.2) is 42.3 Å². The van der Waals surface area contributed by atoms with Gasteiger partial charge in [-0.05, 0) is 53.9 Å². The van der Waals surface area contributed by atoms with Crippen LogP contribution >= 0.6 is 0 Å². The molecule has 0 bridgehead atoms. The van der Waals surface area contributed by atoms with E-state index in [9.17, 15) is 9.59 Å². The lowest BCUT2D eigenvalue weighted by Gasteiger charge is -2.21. The van der Waals surface area contributed by atoms with Crippen molar-refractivity contribution < 1.29 is 14.3 Å². The van der Waals surface area contributed by atoms with Crippen LogP contribution in [0.15, 0.2) is 0 Å². The van der Waals surface area contributed by atoms with Gasteiger partial charge in [0.2, 0.25) is 5.91 Å². The molecule has 2 amide bonds. The van der Waals surface area contributed by atoms with E-state index in [1.807, 2.05) is 34.6 Å². The molecule has 22 heavy (non-hydrogen) atoms. The predicted molar refractivity (Wildman–Crippen MR) is 86.7 cm³/mol. The van der Waals surface area contributed by atoms with E-state index in [1.165, 1.54) is 0 Å². The first-order valence-corrected chi connectivity index (χ1v) is 8.18. The van der Waals surface area contributed by atoms with E-state index in [-0.39, 0.29) is 24.1 Å². The number of carbonyl (C=O) groups excluding carboxylic acids is 2. The van der Waals surface area contributed by atoms with E-state index in [1.54, 1.807) is 0 Å². The Bertz CT molecular complexity index is 377. The number of hydrogen-bond acceptors (Lipinski definition) is 4. The smallest absolute Gasteiger partial charge is 0.407 e. The highest BCUT2D eigenvalue weighted by Gasteiger charge is 2.27. The van der Waals surface area contributed by atoms with Gasteiger partial charge in [0.1, 0.15) is 5.60 Å². The Labute approximate surface area is 133 Å². The predicted octanol–water partition coefficient (Wildman–Crippen LogP) is 1.94. The van der Waals surface area contributed by atoms with E-state index in [0.717, 1.165) is 19.3 Å². The highest BCUT2D eigenvalue weighted by Crippen LogP contribution is 2.19. The number of amides is 2. The van der Waals surface area contributed by atoms with Crippen LogP contribution in [0.3, 0.4) is 0 Å². The maximum atomic E-state index is 11.7. The minimum absolute atomic E-state index is 0.0731. The van der Waals surface area contributed by atoms with Gasteiger partial charge in [-0.2, -0.15) is 0 Å². The Morgan fingerprint density at radius 2 is 1.82 bits per heavy atom. The van der Waals surface area contributed by atoms with E-state index in [0.29, 0.717) is 19.0 Å². The number of alkyl carbamates (subject to hydrolysis) is 1. The van der Waals surface area contributed by atoms with Crippen LogP contribution in [0.5, 0.6) is 0 Å². The number of rotatable bonds is 6. The van der Waals surface area contributed by atoms with Crippen molar-refractivity contribution in [2.24, 2.45) is 0 Å². The lowest BCUT2D eigenvalue weighted by Crippen LogP contribution is -2.39. The Hall–Kier alpha value is -1.30. The first kappa shape index (κ1) is 18.7. The Balaban J connectivity index is 2.18. The van der Waals surface area contributed by atoms with Gasteiger partial charge in [-0.25, -0.2) is 4.79 Å². The Morgan fingerprint density at radius 3 is 2.41 bits per heavy atom. The fraction of sp³-hybridized carbons (Fsp3) is 0.875. The molecule has 0 spiro atoms. The zero-order chi connectivity index (χ0) is 16.8. The molecule has 2 unspecified atom stereocenters. The number of ether oxygens (including phenoxy) is 1. The van der Waals surface area contributed by atoms with Gasteiger partial charge in [-0.1, -0.05) is 0 Å². The lowest BCUT2D eigenvalue weighted by molar-refractivity contribution is -0.121. The molecule has 3 N–H and O–H groups in total. The fourth-order valence-corrected chi connectivity index (χ4v) is 2.56. The lowest BCUT2D eigenvalue weighted by atomic mass is 10.2. The van der Waals surface area contributed by atoms with Crippen LogP contribution in [0.2, 0.25) is 0 Å². The van der Waals surface area contributed by atoms with Crippen molar-refractivity contribution in [1.82, 2.24) is 16.0 Å². The summed E-state index contributed by atoms with van der Waals surface area (Å²) in [7, 11) is 0. The van der Waals surface area contributed by atoms with Crippen molar-refractivity contribution in [3.8, 4) is 0 Å². The third-order valence-corrected chi connectivity index (χ3v) is 3.39. The number of carbonyl (C=O) groups is 2. The molecule has 1 aliphatic carbocycles. The molecule has 1 saturated carbocycles. The Kier molecular flexibility index (Phi) is 7.13. The molecule has 0 heterocycles. The van der Waals surface area contributed by atoms with Crippen LogP contribution < -0.4 is 16.0 Å². The minimum atomic E-state index is -0.468. The standard InChI is InChI=1S/C16H31N3O3/c1-11(2)18-14(20)8-9-17-12-6-7-13(10-12)19-15(21)22-16(3,4)5/h11-13,17H,6-10H2,1-5H3,(H,18,20)(H,19,21). The van der Waals surface area contributed by atoms with Gasteiger partial charge < -0.3 is 20.7 Å². The van der Waals surface area contributed by atoms with Gasteiger partial charge in [0.05, 0.1) is 0 Å². The molecule has 1 fully saturated rings. The summed E-state index contributed by atoms with van der Waals surface area (Å²) in [6, 6.07) is 0.685. The average molecular weight is 313 g/mol. The second-order valence-corrected chi connectivity index (χ2v) is 7.28. The molecule has 2 atom stereocenters. The van der Waals surface area contributed by atoms with Gasteiger partial charge >= 0.3 is 6.09 Å². The molecule has 6 heteroatoms. The summed E-state index contributed by atoms with van der Waals surface area (Å²) in [6.07, 6.45) is 2.96. The average Bonchev–Trinajstić information content (AvgIpc) is 2.72. The van der Waals surface area contributed by atoms with E-state index < -0.39 is 5.60 Å². The van der Waals surface area contributed by atoms with Gasteiger partial charge in [0.15, 0.2) is 0 Å². The summed E-state index contributed by atoms with van der Waals surface area (Å²) in [5, 5.41) is 9.17. The monoisotopic (exact) mass is 313 g/mol.